The van der Waals surface area contributed by atoms with Crippen LogP contribution in [0.5, 0.6) is 0 Å². The van der Waals surface area contributed by atoms with Gasteiger partial charge in [0.2, 0.25) is 0 Å². The number of allylic oxidation sites excluding steroid dienone is 3. The molecule has 10 heteroatoms. The van der Waals surface area contributed by atoms with Gasteiger partial charge in [0, 0.05) is 12.5 Å². The first-order chi connectivity index (χ1) is 27.3. The van der Waals surface area contributed by atoms with Gasteiger partial charge < -0.3 is 39.4 Å². The lowest BCUT2D eigenvalue weighted by Gasteiger charge is -2.39. The van der Waals surface area contributed by atoms with Crippen LogP contribution in [0.3, 0.4) is 0 Å². The van der Waals surface area contributed by atoms with Crippen LogP contribution in [0, 0.1) is 0 Å². The van der Waals surface area contributed by atoms with Crippen LogP contribution in [0.15, 0.2) is 24.3 Å². The smallest absolute Gasteiger partial charge is 0.330 e. The van der Waals surface area contributed by atoms with E-state index in [-0.39, 0.29) is 19.6 Å². The van der Waals surface area contributed by atoms with Gasteiger partial charge in [-0.15, -0.1) is 0 Å². The highest BCUT2D eigenvalue weighted by molar-refractivity contribution is 5.82. The van der Waals surface area contributed by atoms with E-state index in [1.807, 2.05) is 12.2 Å². The molecule has 1 heterocycles. The standard InChI is InChI=1S/C46H84O10/c1-3-5-7-9-11-13-15-17-19-21-23-25-27-29-31-33-35-42(49)55-39(38-54-46-45(52)44(51)43(50)40(36-47)56-46)37-53-41(48)34-32-30-28-26-24-22-20-18-16-14-12-10-8-6-4-2/h28,30,32,34,39-40,43-47,50-52H,3-27,29,31,33,35-38H2,1-2H3/b30-28+,34-32+/t39-,40-,43+,44?,45?,46-/m1/s1. The van der Waals surface area contributed by atoms with Crippen molar-refractivity contribution in [2.45, 2.75) is 237 Å². The van der Waals surface area contributed by atoms with E-state index in [2.05, 4.69) is 13.8 Å². The first kappa shape index (κ1) is 52.2. The zero-order valence-corrected chi connectivity index (χ0v) is 35.6. The average molecular weight is 797 g/mol. The molecule has 1 fully saturated rings. The summed E-state index contributed by atoms with van der Waals surface area (Å²) in [4.78, 5) is 25.2. The van der Waals surface area contributed by atoms with Gasteiger partial charge in [0.05, 0.1) is 13.2 Å². The third kappa shape index (κ3) is 28.6. The van der Waals surface area contributed by atoms with Crippen molar-refractivity contribution in [3.8, 4) is 0 Å². The van der Waals surface area contributed by atoms with Crippen LogP contribution in [0.2, 0.25) is 0 Å². The molecule has 10 nitrogen and oxygen atoms in total. The second-order valence-corrected chi connectivity index (χ2v) is 15.9. The van der Waals surface area contributed by atoms with Gasteiger partial charge >= 0.3 is 11.9 Å². The molecule has 0 bridgehead atoms. The van der Waals surface area contributed by atoms with Crippen molar-refractivity contribution in [3.05, 3.63) is 24.3 Å². The van der Waals surface area contributed by atoms with Crippen molar-refractivity contribution in [2.75, 3.05) is 19.8 Å². The molecule has 0 aromatic carbocycles. The summed E-state index contributed by atoms with van der Waals surface area (Å²) in [5.41, 5.74) is 0. The summed E-state index contributed by atoms with van der Waals surface area (Å²) < 4.78 is 22.0. The Bertz CT molecular complexity index is 970. The Labute approximate surface area is 341 Å². The van der Waals surface area contributed by atoms with Crippen molar-refractivity contribution in [1.82, 2.24) is 0 Å². The molecule has 0 spiro atoms. The topological polar surface area (TPSA) is 152 Å². The predicted octanol–water partition coefficient (Wildman–Crippen LogP) is 9.72. The number of aliphatic hydroxyl groups excluding tert-OH is 4. The molecule has 0 amide bonds. The Kier molecular flexibility index (Phi) is 34.9. The Morgan fingerprint density at radius 3 is 1.54 bits per heavy atom. The molecule has 2 unspecified atom stereocenters. The summed E-state index contributed by atoms with van der Waals surface area (Å²) in [6.45, 7) is 3.32. The molecule has 4 N–H and O–H groups in total. The van der Waals surface area contributed by atoms with Crippen molar-refractivity contribution >= 4 is 11.9 Å². The first-order valence-corrected chi connectivity index (χ1v) is 23.0. The number of carbonyl (C=O) groups excluding carboxylic acids is 2. The number of ether oxygens (including phenoxy) is 4. The third-order valence-electron chi connectivity index (χ3n) is 10.7. The van der Waals surface area contributed by atoms with Crippen LogP contribution in [-0.4, -0.2) is 89.0 Å². The van der Waals surface area contributed by atoms with E-state index < -0.39 is 55.4 Å². The molecule has 1 saturated heterocycles. The molecule has 0 aromatic rings. The molecule has 1 rings (SSSR count). The highest BCUT2D eigenvalue weighted by Gasteiger charge is 2.44. The number of aliphatic hydroxyl groups is 4. The minimum atomic E-state index is -1.60. The summed E-state index contributed by atoms with van der Waals surface area (Å²) in [5, 5.41) is 40.0. The largest absolute Gasteiger partial charge is 0.458 e. The number of hydrogen-bond acceptors (Lipinski definition) is 10. The average Bonchev–Trinajstić information content (AvgIpc) is 3.19. The van der Waals surface area contributed by atoms with E-state index in [0.717, 1.165) is 32.1 Å². The van der Waals surface area contributed by atoms with E-state index in [1.54, 1.807) is 6.08 Å². The van der Waals surface area contributed by atoms with Gasteiger partial charge in [-0.25, -0.2) is 4.79 Å². The lowest BCUT2D eigenvalue weighted by Crippen LogP contribution is -2.59. The van der Waals surface area contributed by atoms with Crippen molar-refractivity contribution in [1.29, 1.82) is 0 Å². The Hall–Kier alpha value is -1.82. The lowest BCUT2D eigenvalue weighted by atomic mass is 9.99. The fourth-order valence-corrected chi connectivity index (χ4v) is 7.04. The predicted molar refractivity (Wildman–Crippen MR) is 224 cm³/mol. The maximum Gasteiger partial charge on any atom is 0.330 e. The summed E-state index contributed by atoms with van der Waals surface area (Å²) in [5.74, 6) is -1.05. The molecule has 1 aliphatic heterocycles. The molecule has 6 atom stereocenters. The Morgan fingerprint density at radius 2 is 1.05 bits per heavy atom. The molecule has 56 heavy (non-hydrogen) atoms. The number of esters is 2. The van der Waals surface area contributed by atoms with Gasteiger partial charge in [-0.2, -0.15) is 0 Å². The molecular formula is C46H84O10. The van der Waals surface area contributed by atoms with Crippen molar-refractivity contribution < 1.29 is 49.0 Å². The Morgan fingerprint density at radius 1 is 0.589 bits per heavy atom. The first-order valence-electron chi connectivity index (χ1n) is 23.0. The number of carbonyl (C=O) groups is 2. The van der Waals surface area contributed by atoms with Crippen LogP contribution >= 0.6 is 0 Å². The van der Waals surface area contributed by atoms with E-state index in [4.69, 9.17) is 18.9 Å². The molecule has 0 aromatic heterocycles. The van der Waals surface area contributed by atoms with Crippen LogP contribution in [-0.2, 0) is 28.5 Å². The fourth-order valence-electron chi connectivity index (χ4n) is 7.04. The monoisotopic (exact) mass is 797 g/mol. The summed E-state index contributed by atoms with van der Waals surface area (Å²) in [6.07, 6.45) is 33.8. The number of rotatable bonds is 38. The zero-order valence-electron chi connectivity index (χ0n) is 35.6. The quantitative estimate of drug-likeness (QED) is 0.0206. The van der Waals surface area contributed by atoms with Crippen LogP contribution in [0.25, 0.3) is 0 Å². The summed E-state index contributed by atoms with van der Waals surface area (Å²) in [6, 6.07) is 0. The molecule has 0 radical (unpaired) electrons. The highest BCUT2D eigenvalue weighted by Crippen LogP contribution is 2.23. The van der Waals surface area contributed by atoms with Gasteiger partial charge in [-0.05, 0) is 19.3 Å². The van der Waals surface area contributed by atoms with E-state index >= 15 is 0 Å². The lowest BCUT2D eigenvalue weighted by molar-refractivity contribution is -0.305. The van der Waals surface area contributed by atoms with E-state index in [0.29, 0.717) is 6.42 Å². The molecule has 0 saturated carbocycles. The van der Waals surface area contributed by atoms with Crippen molar-refractivity contribution in [2.24, 2.45) is 0 Å². The minimum absolute atomic E-state index is 0.215. The molecule has 328 valence electrons. The molecule has 1 aliphatic rings. The number of unbranched alkanes of at least 4 members (excludes halogenated alkanes) is 26. The minimum Gasteiger partial charge on any atom is -0.458 e. The normalized spacial score (nSPS) is 20.6. The second kappa shape index (κ2) is 37.5. The van der Waals surface area contributed by atoms with Crippen molar-refractivity contribution in [3.63, 3.8) is 0 Å². The summed E-state index contributed by atoms with van der Waals surface area (Å²) in [7, 11) is 0. The molecular weight excluding hydrogens is 712 g/mol. The molecule has 0 aliphatic carbocycles. The number of hydrogen-bond donors (Lipinski definition) is 4. The Balaban J connectivity index is 2.36. The van der Waals surface area contributed by atoms with Gasteiger partial charge in [0.25, 0.3) is 0 Å². The van der Waals surface area contributed by atoms with E-state index in [9.17, 15) is 30.0 Å². The van der Waals surface area contributed by atoms with Crippen LogP contribution in [0.4, 0.5) is 0 Å². The second-order valence-electron chi connectivity index (χ2n) is 15.9. The maximum atomic E-state index is 12.8. The van der Waals surface area contributed by atoms with Gasteiger partial charge in [0.15, 0.2) is 12.4 Å². The maximum absolute atomic E-state index is 12.8. The third-order valence-corrected chi connectivity index (χ3v) is 10.7. The zero-order chi connectivity index (χ0) is 40.9. The van der Waals surface area contributed by atoms with Crippen LogP contribution in [0.1, 0.15) is 200 Å². The summed E-state index contributed by atoms with van der Waals surface area (Å²) >= 11 is 0. The van der Waals surface area contributed by atoms with Gasteiger partial charge in [-0.1, -0.05) is 193 Å². The fraction of sp³-hybridized carbons (Fsp3) is 0.870. The highest BCUT2D eigenvalue weighted by atomic mass is 16.7. The SMILES string of the molecule is CCCCCCCCCCCCC/C=C/C=C/C(=O)OC[C@H](CO[C@@H]1O[C@H](CO)[C@H](O)C(O)C1O)OC(=O)CCCCCCCCCCCCCCCCCC. The van der Waals surface area contributed by atoms with Gasteiger partial charge in [-0.3, -0.25) is 4.79 Å². The van der Waals surface area contributed by atoms with E-state index in [1.165, 1.54) is 147 Å². The van der Waals surface area contributed by atoms with Crippen LogP contribution < -0.4 is 0 Å². The van der Waals surface area contributed by atoms with Gasteiger partial charge in [0.1, 0.15) is 31.0 Å².